The third kappa shape index (κ3) is 5.38. The molecule has 1 N–H and O–H groups in total. The molecule has 0 heterocycles. The van der Waals surface area contributed by atoms with E-state index in [2.05, 4.69) is 21.2 Å². The topological polar surface area (TPSA) is 47.6 Å². The van der Waals surface area contributed by atoms with Crippen LogP contribution in [-0.4, -0.2) is 18.6 Å². The second-order valence-corrected chi connectivity index (χ2v) is 7.14. The fourth-order valence-electron chi connectivity index (χ4n) is 2.23. The second-order valence-electron chi connectivity index (χ2n) is 5.97. The number of rotatable bonds is 6. The third-order valence-corrected chi connectivity index (χ3v) is 5.00. The first-order valence-electron chi connectivity index (χ1n) is 7.92. The molecular weight excluding hydrogens is 406 g/mol. The van der Waals surface area contributed by atoms with E-state index in [1.54, 1.807) is 12.1 Å². The van der Waals surface area contributed by atoms with Crippen LogP contribution in [0.2, 0.25) is 5.02 Å². The summed E-state index contributed by atoms with van der Waals surface area (Å²) < 4.78 is 11.9. The van der Waals surface area contributed by atoms with Gasteiger partial charge in [-0.2, -0.15) is 0 Å². The van der Waals surface area contributed by atoms with Crippen molar-refractivity contribution >= 4 is 39.1 Å². The number of hydrogen-bond acceptors (Lipinski definition) is 3. The molecule has 0 saturated heterocycles. The monoisotopic (exact) mass is 425 g/mol. The Morgan fingerprint density at radius 2 is 1.88 bits per heavy atom. The standard InChI is InChI=1S/C19H21BrClNO3/c1-11(2)25-15-7-5-14(6-8-15)22-17(23)10-24-16-9-12(3)19(21)13(4)18(16)20/h5-9,11H,10H2,1-4H3,(H,22,23). The SMILES string of the molecule is Cc1cc(OCC(=O)Nc2ccc(OC(C)C)cc2)c(Br)c(C)c1Cl. The van der Waals surface area contributed by atoms with Crippen LogP contribution in [-0.2, 0) is 4.79 Å². The third-order valence-electron chi connectivity index (χ3n) is 3.44. The lowest BCUT2D eigenvalue weighted by atomic mass is 10.1. The van der Waals surface area contributed by atoms with E-state index in [1.165, 1.54) is 0 Å². The first-order chi connectivity index (χ1) is 11.8. The van der Waals surface area contributed by atoms with Gasteiger partial charge in [-0.25, -0.2) is 0 Å². The van der Waals surface area contributed by atoms with Crippen LogP contribution in [0.5, 0.6) is 11.5 Å². The van der Waals surface area contributed by atoms with Gasteiger partial charge in [0.05, 0.1) is 10.6 Å². The molecule has 0 radical (unpaired) electrons. The first kappa shape index (κ1) is 19.6. The minimum Gasteiger partial charge on any atom is -0.491 e. The number of nitrogens with one attached hydrogen (secondary N) is 1. The fraction of sp³-hybridized carbons (Fsp3) is 0.316. The maximum atomic E-state index is 12.1. The summed E-state index contributed by atoms with van der Waals surface area (Å²) in [6.45, 7) is 7.63. The number of carbonyl (C=O) groups is 1. The Morgan fingerprint density at radius 3 is 2.48 bits per heavy atom. The summed E-state index contributed by atoms with van der Waals surface area (Å²) in [5.74, 6) is 1.12. The number of amides is 1. The molecule has 134 valence electrons. The van der Waals surface area contributed by atoms with Crippen LogP contribution in [0, 0.1) is 13.8 Å². The van der Waals surface area contributed by atoms with E-state index in [-0.39, 0.29) is 18.6 Å². The van der Waals surface area contributed by atoms with Gasteiger partial charge in [-0.05, 0) is 85.1 Å². The molecular formula is C19H21BrClNO3. The molecule has 2 rings (SSSR count). The molecule has 0 aliphatic heterocycles. The van der Waals surface area contributed by atoms with Gasteiger partial charge in [0.1, 0.15) is 11.5 Å². The molecule has 0 saturated carbocycles. The van der Waals surface area contributed by atoms with E-state index in [0.717, 1.165) is 21.3 Å². The summed E-state index contributed by atoms with van der Waals surface area (Å²) in [4.78, 5) is 12.1. The van der Waals surface area contributed by atoms with Gasteiger partial charge in [-0.3, -0.25) is 4.79 Å². The number of ether oxygens (including phenoxy) is 2. The van der Waals surface area contributed by atoms with Crippen LogP contribution in [0.15, 0.2) is 34.8 Å². The van der Waals surface area contributed by atoms with Gasteiger partial charge < -0.3 is 14.8 Å². The molecule has 0 aliphatic carbocycles. The number of carbonyl (C=O) groups excluding carboxylic acids is 1. The molecule has 0 aromatic heterocycles. The number of anilines is 1. The Labute approximate surface area is 161 Å². The van der Waals surface area contributed by atoms with Crippen molar-refractivity contribution in [1.29, 1.82) is 0 Å². The van der Waals surface area contributed by atoms with Crippen molar-refractivity contribution in [3.63, 3.8) is 0 Å². The van der Waals surface area contributed by atoms with Crippen LogP contribution in [0.1, 0.15) is 25.0 Å². The summed E-state index contributed by atoms with van der Waals surface area (Å²) >= 11 is 9.65. The largest absolute Gasteiger partial charge is 0.491 e. The highest BCUT2D eigenvalue weighted by Crippen LogP contribution is 2.35. The van der Waals surface area contributed by atoms with E-state index in [9.17, 15) is 4.79 Å². The Kier molecular flexibility index (Phi) is 6.73. The Bertz CT molecular complexity index is 760. The summed E-state index contributed by atoms with van der Waals surface area (Å²) in [6, 6.07) is 9.03. The molecule has 4 nitrogen and oxygen atoms in total. The van der Waals surface area contributed by atoms with E-state index in [1.807, 2.05) is 45.9 Å². The molecule has 2 aromatic carbocycles. The van der Waals surface area contributed by atoms with Crippen molar-refractivity contribution in [2.45, 2.75) is 33.8 Å². The van der Waals surface area contributed by atoms with Crippen molar-refractivity contribution in [3.8, 4) is 11.5 Å². The van der Waals surface area contributed by atoms with E-state index >= 15 is 0 Å². The summed E-state index contributed by atoms with van der Waals surface area (Å²) in [5.41, 5.74) is 2.48. The summed E-state index contributed by atoms with van der Waals surface area (Å²) in [6.07, 6.45) is 0.110. The smallest absolute Gasteiger partial charge is 0.262 e. The quantitative estimate of drug-likeness (QED) is 0.661. The Hall–Kier alpha value is -1.72. The fourth-order valence-corrected chi connectivity index (χ4v) is 2.93. The number of halogens is 2. The van der Waals surface area contributed by atoms with Crippen LogP contribution in [0.4, 0.5) is 5.69 Å². The highest BCUT2D eigenvalue weighted by atomic mass is 79.9. The van der Waals surface area contributed by atoms with Crippen LogP contribution in [0.25, 0.3) is 0 Å². The normalized spacial score (nSPS) is 10.7. The van der Waals surface area contributed by atoms with Crippen LogP contribution < -0.4 is 14.8 Å². The van der Waals surface area contributed by atoms with Crippen molar-refractivity contribution in [2.24, 2.45) is 0 Å². The molecule has 25 heavy (non-hydrogen) atoms. The molecule has 0 spiro atoms. The van der Waals surface area contributed by atoms with Crippen molar-refractivity contribution in [3.05, 3.63) is 51.0 Å². The second kappa shape index (κ2) is 8.59. The van der Waals surface area contributed by atoms with Crippen molar-refractivity contribution in [1.82, 2.24) is 0 Å². The predicted octanol–water partition coefficient (Wildman–Crippen LogP) is 5.52. The van der Waals surface area contributed by atoms with Gasteiger partial charge in [0, 0.05) is 10.7 Å². The van der Waals surface area contributed by atoms with Crippen molar-refractivity contribution < 1.29 is 14.3 Å². The first-order valence-corrected chi connectivity index (χ1v) is 9.09. The highest BCUT2D eigenvalue weighted by molar-refractivity contribution is 9.10. The molecule has 2 aromatic rings. The van der Waals surface area contributed by atoms with Gasteiger partial charge in [-0.15, -0.1) is 0 Å². The molecule has 0 fully saturated rings. The Morgan fingerprint density at radius 1 is 1.24 bits per heavy atom. The lowest BCUT2D eigenvalue weighted by Crippen LogP contribution is -2.20. The lowest BCUT2D eigenvalue weighted by Gasteiger charge is -2.13. The summed E-state index contributed by atoms with van der Waals surface area (Å²) in [5, 5.41) is 3.48. The number of benzene rings is 2. The van der Waals surface area contributed by atoms with Crippen molar-refractivity contribution in [2.75, 3.05) is 11.9 Å². The average molecular weight is 427 g/mol. The van der Waals surface area contributed by atoms with Gasteiger partial charge in [0.25, 0.3) is 5.91 Å². The molecule has 0 aliphatic rings. The zero-order valence-electron chi connectivity index (χ0n) is 14.7. The van der Waals surface area contributed by atoms with E-state index in [4.69, 9.17) is 21.1 Å². The minimum absolute atomic E-state index is 0.0939. The van der Waals surface area contributed by atoms with Crippen LogP contribution >= 0.6 is 27.5 Å². The maximum absolute atomic E-state index is 12.1. The molecule has 6 heteroatoms. The van der Waals surface area contributed by atoms with E-state index in [0.29, 0.717) is 16.5 Å². The van der Waals surface area contributed by atoms with Crippen LogP contribution in [0.3, 0.4) is 0 Å². The van der Waals surface area contributed by atoms with Gasteiger partial charge in [0.15, 0.2) is 6.61 Å². The zero-order chi connectivity index (χ0) is 18.6. The molecule has 0 atom stereocenters. The average Bonchev–Trinajstić information content (AvgIpc) is 2.56. The van der Waals surface area contributed by atoms with Gasteiger partial charge >= 0.3 is 0 Å². The van der Waals surface area contributed by atoms with Gasteiger partial charge in [-0.1, -0.05) is 11.6 Å². The molecule has 1 amide bonds. The highest BCUT2D eigenvalue weighted by Gasteiger charge is 2.12. The molecule has 0 bridgehead atoms. The van der Waals surface area contributed by atoms with Gasteiger partial charge in [0.2, 0.25) is 0 Å². The predicted molar refractivity (Wildman–Crippen MR) is 105 cm³/mol. The summed E-state index contributed by atoms with van der Waals surface area (Å²) in [7, 11) is 0. The minimum atomic E-state index is -0.241. The number of hydrogen-bond donors (Lipinski definition) is 1. The zero-order valence-corrected chi connectivity index (χ0v) is 17.0. The molecule has 0 unspecified atom stereocenters. The number of aryl methyl sites for hydroxylation is 1. The maximum Gasteiger partial charge on any atom is 0.262 e. The van der Waals surface area contributed by atoms with E-state index < -0.39 is 0 Å². The lowest BCUT2D eigenvalue weighted by molar-refractivity contribution is -0.118. The Balaban J connectivity index is 1.95.